The number of nitrogens with one attached hydrogen (secondary N) is 1. The van der Waals surface area contributed by atoms with Crippen LogP contribution in [0.25, 0.3) is 0 Å². The molecule has 0 radical (unpaired) electrons. The van der Waals surface area contributed by atoms with Gasteiger partial charge in [0.15, 0.2) is 0 Å². The minimum atomic E-state index is -3.76. The number of carbonyl (C=O) groups is 1. The fourth-order valence-electron chi connectivity index (χ4n) is 3.66. The van der Waals surface area contributed by atoms with Crippen molar-refractivity contribution in [1.29, 1.82) is 0 Å². The van der Waals surface area contributed by atoms with Crippen LogP contribution in [0.5, 0.6) is 0 Å². The number of amides is 1. The van der Waals surface area contributed by atoms with E-state index >= 15 is 0 Å². The van der Waals surface area contributed by atoms with Crippen molar-refractivity contribution in [2.75, 3.05) is 33.7 Å². The van der Waals surface area contributed by atoms with E-state index in [-0.39, 0.29) is 27.4 Å². The average Bonchev–Trinajstić information content (AvgIpc) is 3.22. The topological polar surface area (TPSA) is 82.9 Å². The fraction of sp³-hybridized carbons (Fsp3) is 0.476. The molecule has 1 amide bonds. The van der Waals surface area contributed by atoms with E-state index in [1.807, 2.05) is 32.0 Å². The van der Waals surface area contributed by atoms with Gasteiger partial charge in [0, 0.05) is 25.2 Å². The monoisotopic (exact) mass is 453 g/mol. The first-order valence-electron chi connectivity index (χ1n) is 9.98. The van der Waals surface area contributed by atoms with Crippen LogP contribution in [-0.2, 0) is 10.0 Å². The van der Waals surface area contributed by atoms with E-state index in [4.69, 9.17) is 16.0 Å². The molecular weight excluding hydrogens is 426 g/mol. The molecule has 0 saturated carbocycles. The van der Waals surface area contributed by atoms with Crippen molar-refractivity contribution in [3.8, 4) is 0 Å². The van der Waals surface area contributed by atoms with Crippen molar-refractivity contribution < 1.29 is 17.6 Å². The van der Waals surface area contributed by atoms with Gasteiger partial charge in [0.2, 0.25) is 10.0 Å². The van der Waals surface area contributed by atoms with Crippen LogP contribution in [-0.4, -0.2) is 57.3 Å². The largest absolute Gasteiger partial charge is 0.468 e. The maximum atomic E-state index is 13.1. The first kappa shape index (κ1) is 22.8. The molecule has 1 aromatic carbocycles. The van der Waals surface area contributed by atoms with Crippen molar-refractivity contribution in [2.45, 2.75) is 30.7 Å². The molecule has 9 heteroatoms. The van der Waals surface area contributed by atoms with Gasteiger partial charge in [-0.2, -0.15) is 4.31 Å². The zero-order valence-electron chi connectivity index (χ0n) is 17.5. The SMILES string of the molecule is C[C@@H]1CCCN(S(=O)(=O)c2cc(C(=O)NC[C@H](c3ccco3)N(C)C)ccc2Cl)C1. The van der Waals surface area contributed by atoms with E-state index in [1.54, 1.807) is 12.3 Å². The lowest BCUT2D eigenvalue weighted by molar-refractivity contribution is 0.0939. The quantitative estimate of drug-likeness (QED) is 0.694. The Kier molecular flexibility index (Phi) is 7.23. The number of likely N-dealkylation sites (N-methyl/N-ethyl adjacent to an activating group) is 1. The molecule has 1 N–H and O–H groups in total. The number of furan rings is 1. The Hall–Kier alpha value is -1.87. The molecule has 2 atom stereocenters. The highest BCUT2D eigenvalue weighted by molar-refractivity contribution is 7.89. The molecule has 1 aliphatic rings. The third kappa shape index (κ3) is 5.06. The van der Waals surface area contributed by atoms with Crippen LogP contribution >= 0.6 is 11.6 Å². The highest BCUT2D eigenvalue weighted by Crippen LogP contribution is 2.29. The second kappa shape index (κ2) is 9.51. The molecule has 2 aromatic rings. The zero-order chi connectivity index (χ0) is 21.9. The van der Waals surface area contributed by atoms with Crippen LogP contribution < -0.4 is 5.32 Å². The summed E-state index contributed by atoms with van der Waals surface area (Å²) in [6.07, 6.45) is 3.41. The molecule has 0 aliphatic carbocycles. The number of rotatable bonds is 7. The van der Waals surface area contributed by atoms with E-state index in [0.717, 1.165) is 18.6 Å². The molecule has 0 spiro atoms. The Labute approximate surface area is 183 Å². The second-order valence-electron chi connectivity index (χ2n) is 7.96. The molecular formula is C21H28ClN3O4S. The summed E-state index contributed by atoms with van der Waals surface area (Å²) in [7, 11) is 0.0259. The van der Waals surface area contributed by atoms with Gasteiger partial charge < -0.3 is 9.73 Å². The maximum absolute atomic E-state index is 13.1. The molecule has 0 bridgehead atoms. The molecule has 1 fully saturated rings. The summed E-state index contributed by atoms with van der Waals surface area (Å²) in [6, 6.07) is 7.87. The van der Waals surface area contributed by atoms with Crippen LogP contribution in [0, 0.1) is 5.92 Å². The normalized spacial score (nSPS) is 19.0. The summed E-state index contributed by atoms with van der Waals surface area (Å²) in [6.45, 7) is 3.27. The highest BCUT2D eigenvalue weighted by Gasteiger charge is 2.31. The van der Waals surface area contributed by atoms with Crippen molar-refractivity contribution in [2.24, 2.45) is 5.92 Å². The minimum absolute atomic E-state index is 0.0267. The predicted molar refractivity (Wildman–Crippen MR) is 116 cm³/mol. The number of sulfonamides is 1. The maximum Gasteiger partial charge on any atom is 0.251 e. The summed E-state index contributed by atoms with van der Waals surface area (Å²) in [5, 5.41) is 2.98. The third-order valence-electron chi connectivity index (χ3n) is 5.38. The van der Waals surface area contributed by atoms with E-state index < -0.39 is 10.0 Å². The lowest BCUT2D eigenvalue weighted by Gasteiger charge is -2.30. The van der Waals surface area contributed by atoms with Crippen LogP contribution in [0.2, 0.25) is 5.02 Å². The zero-order valence-corrected chi connectivity index (χ0v) is 19.0. The van der Waals surface area contributed by atoms with Crippen molar-refractivity contribution in [3.63, 3.8) is 0 Å². The first-order valence-corrected chi connectivity index (χ1v) is 11.8. The van der Waals surface area contributed by atoms with Crippen LogP contribution in [0.15, 0.2) is 45.9 Å². The van der Waals surface area contributed by atoms with Gasteiger partial charge in [-0.3, -0.25) is 9.69 Å². The number of nitrogens with zero attached hydrogens (tertiary/aromatic N) is 2. The Morgan fingerprint density at radius 2 is 2.13 bits per heavy atom. The summed E-state index contributed by atoms with van der Waals surface area (Å²) < 4.78 is 33.2. The molecule has 1 aromatic heterocycles. The summed E-state index contributed by atoms with van der Waals surface area (Å²) >= 11 is 6.22. The predicted octanol–water partition coefficient (Wildman–Crippen LogP) is 3.39. The number of carbonyl (C=O) groups excluding carboxylic acids is 1. The first-order chi connectivity index (χ1) is 14.2. The van der Waals surface area contributed by atoms with Crippen molar-refractivity contribution in [1.82, 2.24) is 14.5 Å². The second-order valence-corrected chi connectivity index (χ2v) is 10.3. The van der Waals surface area contributed by atoms with Gasteiger partial charge in [0.1, 0.15) is 10.7 Å². The molecule has 1 aliphatic heterocycles. The summed E-state index contributed by atoms with van der Waals surface area (Å²) in [4.78, 5) is 14.7. The van der Waals surface area contributed by atoms with Crippen LogP contribution in [0.4, 0.5) is 0 Å². The Morgan fingerprint density at radius 1 is 1.37 bits per heavy atom. The number of piperidine rings is 1. The number of halogens is 1. The molecule has 164 valence electrons. The van der Waals surface area contributed by atoms with E-state index in [1.165, 1.54) is 22.5 Å². The van der Waals surface area contributed by atoms with E-state index in [9.17, 15) is 13.2 Å². The highest BCUT2D eigenvalue weighted by atomic mass is 35.5. The van der Waals surface area contributed by atoms with Crippen LogP contribution in [0.3, 0.4) is 0 Å². The standard InChI is InChI=1S/C21H28ClN3O4S/c1-15-6-4-10-25(14-15)30(27,28)20-12-16(8-9-17(20)22)21(26)23-13-18(24(2)3)19-7-5-11-29-19/h5,7-9,11-12,15,18H,4,6,10,13-14H2,1-3H3,(H,23,26)/t15-,18-/m1/s1. The molecule has 2 heterocycles. The van der Waals surface area contributed by atoms with Gasteiger partial charge in [-0.25, -0.2) is 8.42 Å². The molecule has 1 saturated heterocycles. The third-order valence-corrected chi connectivity index (χ3v) is 7.73. The molecule has 30 heavy (non-hydrogen) atoms. The van der Waals surface area contributed by atoms with Crippen molar-refractivity contribution in [3.05, 3.63) is 52.9 Å². The molecule has 0 unspecified atom stereocenters. The van der Waals surface area contributed by atoms with Gasteiger partial charge >= 0.3 is 0 Å². The smallest absolute Gasteiger partial charge is 0.251 e. The summed E-state index contributed by atoms with van der Waals surface area (Å²) in [5.41, 5.74) is 0.250. The van der Waals surface area contributed by atoms with Crippen molar-refractivity contribution >= 4 is 27.5 Å². The minimum Gasteiger partial charge on any atom is -0.468 e. The van der Waals surface area contributed by atoms with Gasteiger partial charge in [-0.05, 0) is 63.2 Å². The number of hydrogen-bond acceptors (Lipinski definition) is 5. The number of hydrogen-bond donors (Lipinski definition) is 1. The van der Waals surface area contributed by atoms with E-state index in [2.05, 4.69) is 5.32 Å². The van der Waals surface area contributed by atoms with Gasteiger partial charge in [-0.1, -0.05) is 18.5 Å². The van der Waals surface area contributed by atoms with E-state index in [0.29, 0.717) is 25.6 Å². The lowest BCUT2D eigenvalue weighted by Crippen LogP contribution is -2.39. The molecule has 7 nitrogen and oxygen atoms in total. The number of benzene rings is 1. The van der Waals surface area contributed by atoms with Gasteiger partial charge in [0.05, 0.1) is 17.3 Å². The Morgan fingerprint density at radius 3 is 2.77 bits per heavy atom. The van der Waals surface area contributed by atoms with Crippen LogP contribution in [0.1, 0.15) is 41.9 Å². The molecule has 3 rings (SSSR count). The Balaban J connectivity index is 1.78. The lowest BCUT2D eigenvalue weighted by atomic mass is 10.0. The fourth-order valence-corrected chi connectivity index (χ4v) is 5.75. The summed E-state index contributed by atoms with van der Waals surface area (Å²) in [5.74, 6) is 0.663. The van der Waals surface area contributed by atoms with Gasteiger partial charge in [-0.15, -0.1) is 0 Å². The van der Waals surface area contributed by atoms with Gasteiger partial charge in [0.25, 0.3) is 5.91 Å². The average molecular weight is 454 g/mol. The Bertz CT molecular complexity index is 976.